The molecule has 0 unspecified atom stereocenters. The van der Waals surface area contributed by atoms with Crippen molar-refractivity contribution in [3.05, 3.63) is 40.2 Å². The summed E-state index contributed by atoms with van der Waals surface area (Å²) in [5.74, 6) is -0.842. The van der Waals surface area contributed by atoms with Crippen LogP contribution < -0.4 is 10.4 Å². The molecular formula is C12H10O5. The Balaban J connectivity index is 2.78. The van der Waals surface area contributed by atoms with E-state index in [4.69, 9.17) is 14.3 Å². The molecule has 0 bridgehead atoms. The van der Waals surface area contributed by atoms with Crippen molar-refractivity contribution in [1.29, 1.82) is 0 Å². The quantitative estimate of drug-likeness (QED) is 0.813. The van der Waals surface area contributed by atoms with E-state index in [2.05, 4.69) is 0 Å². The smallest absolute Gasteiger partial charge is 0.343 e. The van der Waals surface area contributed by atoms with E-state index in [-0.39, 0.29) is 11.3 Å². The molecule has 5 heteroatoms. The number of rotatable bonds is 3. The van der Waals surface area contributed by atoms with Gasteiger partial charge in [0.2, 0.25) is 0 Å². The summed E-state index contributed by atoms with van der Waals surface area (Å²) in [6, 6.07) is 6.82. The third-order valence-corrected chi connectivity index (χ3v) is 2.39. The monoisotopic (exact) mass is 234 g/mol. The number of aliphatic carboxylic acids is 1. The fraction of sp³-hybridized carbons (Fsp3) is 0.167. The van der Waals surface area contributed by atoms with Crippen molar-refractivity contribution in [2.75, 3.05) is 7.11 Å². The molecule has 0 spiro atoms. The molecule has 0 radical (unpaired) electrons. The topological polar surface area (TPSA) is 76.7 Å². The maximum Gasteiger partial charge on any atom is 0.343 e. The number of fused-ring (bicyclic) bond motifs is 1. The van der Waals surface area contributed by atoms with Crippen molar-refractivity contribution in [2.45, 2.75) is 6.42 Å². The molecule has 1 N–H and O–H groups in total. The average Bonchev–Trinajstić information content (AvgIpc) is 2.29. The molecule has 1 aromatic carbocycles. The average molecular weight is 234 g/mol. The Morgan fingerprint density at radius 3 is 2.76 bits per heavy atom. The zero-order valence-corrected chi connectivity index (χ0v) is 9.10. The highest BCUT2D eigenvalue weighted by Gasteiger charge is 2.17. The minimum Gasteiger partial charge on any atom is -0.495 e. The van der Waals surface area contributed by atoms with Gasteiger partial charge in [-0.25, -0.2) is 4.79 Å². The summed E-state index contributed by atoms with van der Waals surface area (Å²) >= 11 is 0. The Labute approximate surface area is 96.2 Å². The first-order chi connectivity index (χ1) is 8.13. The Morgan fingerprint density at radius 1 is 1.41 bits per heavy atom. The first-order valence-electron chi connectivity index (χ1n) is 4.94. The van der Waals surface area contributed by atoms with Crippen LogP contribution in [0.4, 0.5) is 0 Å². The Bertz CT molecular complexity index is 626. The van der Waals surface area contributed by atoms with Crippen LogP contribution in [-0.2, 0) is 11.2 Å². The van der Waals surface area contributed by atoms with E-state index in [9.17, 15) is 9.59 Å². The van der Waals surface area contributed by atoms with E-state index in [0.717, 1.165) is 0 Å². The maximum absolute atomic E-state index is 11.6. The van der Waals surface area contributed by atoms with Crippen molar-refractivity contribution < 1.29 is 19.1 Å². The van der Waals surface area contributed by atoms with E-state index < -0.39 is 18.0 Å². The summed E-state index contributed by atoms with van der Waals surface area (Å²) in [6.07, 6.45) is -0.420. The molecule has 2 rings (SSSR count). The lowest BCUT2D eigenvalue weighted by Crippen LogP contribution is -2.14. The van der Waals surface area contributed by atoms with Crippen LogP contribution in [0.2, 0.25) is 0 Å². The second-order valence-corrected chi connectivity index (χ2v) is 3.47. The molecule has 2 aromatic rings. The van der Waals surface area contributed by atoms with Crippen molar-refractivity contribution in [1.82, 2.24) is 0 Å². The summed E-state index contributed by atoms with van der Waals surface area (Å²) in [5, 5.41) is 9.34. The molecule has 0 aliphatic heterocycles. The Morgan fingerprint density at radius 2 is 2.12 bits per heavy atom. The standard InChI is InChI=1S/C12H10O5/c1-16-11-7-4-2-3-5-9(7)17-12(15)8(11)6-10(13)14/h2-5H,6H2,1H3,(H,13,14). The number of benzene rings is 1. The van der Waals surface area contributed by atoms with Crippen LogP contribution in [0.25, 0.3) is 11.0 Å². The highest BCUT2D eigenvalue weighted by molar-refractivity contribution is 5.86. The second kappa shape index (κ2) is 4.29. The van der Waals surface area contributed by atoms with Crippen molar-refractivity contribution >= 4 is 16.9 Å². The number of para-hydroxylation sites is 1. The van der Waals surface area contributed by atoms with Gasteiger partial charge in [-0.1, -0.05) is 12.1 Å². The molecule has 0 amide bonds. The van der Waals surface area contributed by atoms with Crippen LogP contribution in [0.1, 0.15) is 5.56 Å². The molecule has 17 heavy (non-hydrogen) atoms. The lowest BCUT2D eigenvalue weighted by molar-refractivity contribution is -0.136. The molecule has 1 aromatic heterocycles. The van der Waals surface area contributed by atoms with E-state index in [1.165, 1.54) is 7.11 Å². The predicted octanol–water partition coefficient (Wildman–Crippen LogP) is 1.43. The Kier molecular flexibility index (Phi) is 2.82. The normalized spacial score (nSPS) is 10.4. The van der Waals surface area contributed by atoms with Gasteiger partial charge in [0, 0.05) is 0 Å². The van der Waals surface area contributed by atoms with Crippen LogP contribution >= 0.6 is 0 Å². The summed E-state index contributed by atoms with van der Waals surface area (Å²) < 4.78 is 10.2. The first-order valence-corrected chi connectivity index (χ1v) is 4.94. The summed E-state index contributed by atoms with van der Waals surface area (Å²) in [6.45, 7) is 0. The molecular weight excluding hydrogens is 224 g/mol. The van der Waals surface area contributed by atoms with E-state index in [0.29, 0.717) is 11.0 Å². The van der Waals surface area contributed by atoms with Gasteiger partial charge in [0.05, 0.1) is 24.5 Å². The minimum atomic E-state index is -1.11. The van der Waals surface area contributed by atoms with Crippen LogP contribution in [-0.4, -0.2) is 18.2 Å². The third kappa shape index (κ3) is 1.99. The highest BCUT2D eigenvalue weighted by Crippen LogP contribution is 2.27. The fourth-order valence-corrected chi connectivity index (χ4v) is 1.70. The van der Waals surface area contributed by atoms with Gasteiger partial charge in [0.25, 0.3) is 0 Å². The van der Waals surface area contributed by atoms with Gasteiger partial charge >= 0.3 is 11.6 Å². The summed E-state index contributed by atoms with van der Waals surface area (Å²) in [5.41, 5.74) is -0.273. The van der Waals surface area contributed by atoms with Gasteiger partial charge in [-0.15, -0.1) is 0 Å². The zero-order chi connectivity index (χ0) is 12.4. The SMILES string of the molecule is COc1c(CC(=O)O)c(=O)oc2ccccc12. The first kappa shape index (κ1) is 11.2. The molecule has 5 nitrogen and oxygen atoms in total. The van der Waals surface area contributed by atoms with Crippen LogP contribution in [0.5, 0.6) is 5.75 Å². The lowest BCUT2D eigenvalue weighted by atomic mass is 10.1. The number of carboxylic acid groups (broad SMARTS) is 1. The molecule has 1 heterocycles. The van der Waals surface area contributed by atoms with Crippen LogP contribution in [0.15, 0.2) is 33.5 Å². The van der Waals surface area contributed by atoms with Gasteiger partial charge < -0.3 is 14.3 Å². The van der Waals surface area contributed by atoms with Gasteiger partial charge in [0.1, 0.15) is 11.3 Å². The van der Waals surface area contributed by atoms with Crippen molar-refractivity contribution in [3.8, 4) is 5.75 Å². The van der Waals surface area contributed by atoms with Crippen molar-refractivity contribution in [2.24, 2.45) is 0 Å². The largest absolute Gasteiger partial charge is 0.495 e. The number of hydrogen-bond donors (Lipinski definition) is 1. The maximum atomic E-state index is 11.6. The molecule has 0 fully saturated rings. The molecule has 88 valence electrons. The zero-order valence-electron chi connectivity index (χ0n) is 9.10. The van der Waals surface area contributed by atoms with Gasteiger partial charge in [-0.3, -0.25) is 4.79 Å². The number of ether oxygens (including phenoxy) is 1. The summed E-state index contributed by atoms with van der Waals surface area (Å²) in [7, 11) is 1.40. The van der Waals surface area contributed by atoms with Crippen LogP contribution in [0, 0.1) is 0 Å². The summed E-state index contributed by atoms with van der Waals surface area (Å²) in [4.78, 5) is 22.3. The van der Waals surface area contributed by atoms with E-state index in [1.54, 1.807) is 24.3 Å². The van der Waals surface area contributed by atoms with Gasteiger partial charge in [-0.05, 0) is 12.1 Å². The minimum absolute atomic E-state index is 0.0266. The second-order valence-electron chi connectivity index (χ2n) is 3.47. The van der Waals surface area contributed by atoms with E-state index in [1.807, 2.05) is 0 Å². The number of hydrogen-bond acceptors (Lipinski definition) is 4. The molecule has 0 atom stereocenters. The van der Waals surface area contributed by atoms with E-state index >= 15 is 0 Å². The predicted molar refractivity (Wildman–Crippen MR) is 60.4 cm³/mol. The van der Waals surface area contributed by atoms with Crippen molar-refractivity contribution in [3.63, 3.8) is 0 Å². The number of carboxylic acids is 1. The molecule has 0 saturated heterocycles. The van der Waals surface area contributed by atoms with Gasteiger partial charge in [0.15, 0.2) is 0 Å². The fourth-order valence-electron chi connectivity index (χ4n) is 1.70. The van der Waals surface area contributed by atoms with Gasteiger partial charge in [-0.2, -0.15) is 0 Å². The Hall–Kier alpha value is -2.30. The number of carbonyl (C=O) groups is 1. The van der Waals surface area contributed by atoms with Crippen LogP contribution in [0.3, 0.4) is 0 Å². The third-order valence-electron chi connectivity index (χ3n) is 2.39. The lowest BCUT2D eigenvalue weighted by Gasteiger charge is -2.08. The number of methoxy groups -OCH3 is 1. The highest BCUT2D eigenvalue weighted by atomic mass is 16.5. The molecule has 0 aliphatic rings. The molecule has 0 aliphatic carbocycles. The molecule has 0 saturated carbocycles.